The molecule has 1 aliphatic carbocycles. The summed E-state index contributed by atoms with van der Waals surface area (Å²) >= 11 is 5.91. The lowest BCUT2D eigenvalue weighted by Gasteiger charge is -2.37. The summed E-state index contributed by atoms with van der Waals surface area (Å²) in [6.07, 6.45) is 5.28. The lowest BCUT2D eigenvalue weighted by molar-refractivity contribution is 0.174. The van der Waals surface area contributed by atoms with Crippen molar-refractivity contribution in [1.29, 1.82) is 0 Å². The number of halogens is 1. The number of nitrogens with one attached hydrogen (secondary N) is 2. The van der Waals surface area contributed by atoms with E-state index < -0.39 is 10.0 Å². The van der Waals surface area contributed by atoms with E-state index in [0.29, 0.717) is 10.7 Å². The molecule has 6 rings (SSSR count). The minimum atomic E-state index is -3.74. The van der Waals surface area contributed by atoms with E-state index in [1.54, 1.807) is 36.4 Å². The van der Waals surface area contributed by atoms with Gasteiger partial charge in [0.1, 0.15) is 0 Å². The van der Waals surface area contributed by atoms with Gasteiger partial charge in [0.2, 0.25) is 6.79 Å². The molecule has 0 aromatic heterocycles. The molecule has 168 valence electrons. The van der Waals surface area contributed by atoms with Crippen molar-refractivity contribution in [2.24, 2.45) is 5.92 Å². The molecule has 33 heavy (non-hydrogen) atoms. The van der Waals surface area contributed by atoms with Crippen LogP contribution in [-0.4, -0.2) is 15.2 Å². The van der Waals surface area contributed by atoms with Gasteiger partial charge in [0, 0.05) is 22.3 Å². The van der Waals surface area contributed by atoms with Gasteiger partial charge < -0.3 is 14.8 Å². The molecular weight excluding hydrogens is 460 g/mol. The summed E-state index contributed by atoms with van der Waals surface area (Å²) in [6.45, 7) is 0.245. The number of ether oxygens (including phenoxy) is 2. The molecule has 2 N–H and O–H groups in total. The Kier molecular flexibility index (Phi) is 4.78. The first-order valence-electron chi connectivity index (χ1n) is 10.7. The zero-order chi connectivity index (χ0) is 22.6. The van der Waals surface area contributed by atoms with E-state index in [9.17, 15) is 8.42 Å². The van der Waals surface area contributed by atoms with Crippen LogP contribution in [0.2, 0.25) is 5.02 Å². The Hall–Kier alpha value is -3.16. The summed E-state index contributed by atoms with van der Waals surface area (Å²) in [5.74, 6) is 1.93. The second kappa shape index (κ2) is 7.71. The molecule has 0 saturated heterocycles. The van der Waals surface area contributed by atoms with E-state index in [0.717, 1.165) is 34.7 Å². The molecule has 3 aliphatic rings. The Morgan fingerprint density at radius 1 is 0.970 bits per heavy atom. The lowest BCUT2D eigenvalue weighted by Crippen LogP contribution is -2.29. The molecule has 3 atom stereocenters. The minimum absolute atomic E-state index is 0.0849. The van der Waals surface area contributed by atoms with Crippen LogP contribution in [0.5, 0.6) is 11.5 Å². The maximum Gasteiger partial charge on any atom is 0.261 e. The van der Waals surface area contributed by atoms with Gasteiger partial charge in [-0.1, -0.05) is 29.8 Å². The highest BCUT2D eigenvalue weighted by Crippen LogP contribution is 2.51. The summed E-state index contributed by atoms with van der Waals surface area (Å²) in [6, 6.07) is 18.0. The van der Waals surface area contributed by atoms with E-state index >= 15 is 0 Å². The number of fused-ring (bicyclic) bond motifs is 4. The van der Waals surface area contributed by atoms with Crippen molar-refractivity contribution in [3.05, 3.63) is 89.0 Å². The van der Waals surface area contributed by atoms with Crippen LogP contribution in [0.3, 0.4) is 0 Å². The molecule has 6 nitrogen and oxygen atoms in total. The summed E-state index contributed by atoms with van der Waals surface area (Å²) in [5.41, 5.74) is 3.53. The van der Waals surface area contributed by atoms with Gasteiger partial charge in [-0.25, -0.2) is 8.42 Å². The predicted octanol–water partition coefficient (Wildman–Crippen LogP) is 5.70. The molecule has 0 bridgehead atoms. The quantitative estimate of drug-likeness (QED) is 0.469. The first kappa shape index (κ1) is 20.4. The molecule has 8 heteroatoms. The van der Waals surface area contributed by atoms with Crippen molar-refractivity contribution in [2.45, 2.75) is 23.3 Å². The topological polar surface area (TPSA) is 76.7 Å². The molecule has 3 aromatic rings. The third kappa shape index (κ3) is 3.61. The molecule has 2 aliphatic heterocycles. The fourth-order valence-corrected chi connectivity index (χ4v) is 6.13. The van der Waals surface area contributed by atoms with E-state index in [1.165, 1.54) is 0 Å². The standard InChI is InChI=1S/C25H21ClN2O4S/c26-16-5-7-17(8-6-16)28-33(29,30)18-9-10-22-21(13-18)19-2-1-3-20(19)25(27-22)15-4-11-23-24(12-15)32-14-31-23/h1-2,4-13,19-20,25,27-28H,3,14H2/t19-,20+,25+/m0/s1. The van der Waals surface area contributed by atoms with Crippen LogP contribution in [-0.2, 0) is 10.0 Å². The summed E-state index contributed by atoms with van der Waals surface area (Å²) in [5, 5.41) is 4.19. The van der Waals surface area contributed by atoms with Crippen molar-refractivity contribution in [3.8, 4) is 11.5 Å². The molecule has 0 spiro atoms. The van der Waals surface area contributed by atoms with Crippen molar-refractivity contribution >= 4 is 33.0 Å². The number of hydrogen-bond donors (Lipinski definition) is 2. The SMILES string of the molecule is O=S(=O)(Nc1ccc(Cl)cc1)c1ccc2c(c1)[C@H]1C=CC[C@H]1[C@@H](c1ccc3c(c1)OCO3)N2. The molecular formula is C25H21ClN2O4S. The third-order valence-electron chi connectivity index (χ3n) is 6.50. The summed E-state index contributed by atoms with van der Waals surface area (Å²) < 4.78 is 39.8. The molecule has 0 unspecified atom stereocenters. The smallest absolute Gasteiger partial charge is 0.261 e. The van der Waals surface area contributed by atoms with Crippen molar-refractivity contribution in [2.75, 3.05) is 16.8 Å². The Bertz CT molecular complexity index is 1370. The zero-order valence-electron chi connectivity index (χ0n) is 17.5. The first-order valence-corrected chi connectivity index (χ1v) is 12.6. The number of anilines is 2. The van der Waals surface area contributed by atoms with E-state index in [-0.39, 0.29) is 29.6 Å². The lowest BCUT2D eigenvalue weighted by atomic mass is 9.77. The molecule has 3 aromatic carbocycles. The molecule has 0 fully saturated rings. The molecule has 0 radical (unpaired) electrons. The Morgan fingerprint density at radius 2 is 1.79 bits per heavy atom. The van der Waals surface area contributed by atoms with Crippen molar-refractivity contribution < 1.29 is 17.9 Å². The zero-order valence-corrected chi connectivity index (χ0v) is 19.1. The van der Waals surface area contributed by atoms with Crippen LogP contribution in [0.15, 0.2) is 77.7 Å². The first-order chi connectivity index (χ1) is 16.0. The van der Waals surface area contributed by atoms with Crippen molar-refractivity contribution in [3.63, 3.8) is 0 Å². The average molecular weight is 481 g/mol. The van der Waals surface area contributed by atoms with Gasteiger partial charge in [0.05, 0.1) is 10.9 Å². The Balaban J connectivity index is 1.33. The van der Waals surface area contributed by atoms with E-state index in [2.05, 4.69) is 28.3 Å². The second-order valence-corrected chi connectivity index (χ2v) is 10.6. The van der Waals surface area contributed by atoms with Crippen LogP contribution in [0, 0.1) is 5.92 Å². The van der Waals surface area contributed by atoms with Crippen LogP contribution < -0.4 is 19.5 Å². The average Bonchev–Trinajstić information content (AvgIpc) is 3.49. The molecule has 0 saturated carbocycles. The van der Waals surface area contributed by atoms with Gasteiger partial charge in [-0.2, -0.15) is 0 Å². The predicted molar refractivity (Wildman–Crippen MR) is 128 cm³/mol. The van der Waals surface area contributed by atoms with Gasteiger partial charge in [-0.3, -0.25) is 4.72 Å². The van der Waals surface area contributed by atoms with Crippen LogP contribution >= 0.6 is 11.6 Å². The summed E-state index contributed by atoms with van der Waals surface area (Å²) in [4.78, 5) is 0.235. The van der Waals surface area contributed by atoms with Crippen LogP contribution in [0.4, 0.5) is 11.4 Å². The van der Waals surface area contributed by atoms with Gasteiger partial charge in [0.15, 0.2) is 11.5 Å². The van der Waals surface area contributed by atoms with E-state index in [4.69, 9.17) is 21.1 Å². The monoisotopic (exact) mass is 480 g/mol. The maximum atomic E-state index is 13.1. The van der Waals surface area contributed by atoms with Gasteiger partial charge in [-0.15, -0.1) is 0 Å². The van der Waals surface area contributed by atoms with E-state index in [1.807, 2.05) is 18.2 Å². The molecule has 2 heterocycles. The van der Waals surface area contributed by atoms with Crippen LogP contribution in [0.1, 0.15) is 29.5 Å². The third-order valence-corrected chi connectivity index (χ3v) is 8.13. The maximum absolute atomic E-state index is 13.1. The highest BCUT2D eigenvalue weighted by atomic mass is 35.5. The van der Waals surface area contributed by atoms with Gasteiger partial charge >= 0.3 is 0 Å². The van der Waals surface area contributed by atoms with Crippen LogP contribution in [0.25, 0.3) is 0 Å². The van der Waals surface area contributed by atoms with Gasteiger partial charge in [-0.05, 0) is 78.1 Å². The highest BCUT2D eigenvalue weighted by Gasteiger charge is 2.39. The number of rotatable bonds is 4. The highest BCUT2D eigenvalue weighted by molar-refractivity contribution is 7.92. The van der Waals surface area contributed by atoms with Gasteiger partial charge in [0.25, 0.3) is 10.0 Å². The Labute approximate surface area is 197 Å². The second-order valence-electron chi connectivity index (χ2n) is 8.45. The minimum Gasteiger partial charge on any atom is -0.454 e. The number of benzene rings is 3. The number of allylic oxidation sites excluding steroid dienone is 2. The normalized spacial score (nSPS) is 22.4. The fraction of sp³-hybridized carbons (Fsp3) is 0.200. The number of sulfonamides is 1. The fourth-order valence-electron chi connectivity index (χ4n) is 4.91. The number of hydrogen-bond acceptors (Lipinski definition) is 5. The largest absolute Gasteiger partial charge is 0.454 e. The summed E-state index contributed by atoms with van der Waals surface area (Å²) in [7, 11) is -3.74. The molecule has 0 amide bonds. The Morgan fingerprint density at radius 3 is 2.64 bits per heavy atom. The van der Waals surface area contributed by atoms with Crippen molar-refractivity contribution in [1.82, 2.24) is 0 Å².